The van der Waals surface area contributed by atoms with Gasteiger partial charge >= 0.3 is 5.97 Å². The number of nitrogens with zero attached hydrogens (tertiary/aromatic N) is 3. The Kier molecular flexibility index (Phi) is 6.16. The Hall–Kier alpha value is -3.35. The molecule has 0 aliphatic carbocycles. The number of hydrogen-bond donors (Lipinski definition) is 4. The lowest BCUT2D eigenvalue weighted by Crippen LogP contribution is -2.36. The second-order valence-corrected chi connectivity index (χ2v) is 6.19. The van der Waals surface area contributed by atoms with Gasteiger partial charge in [0.05, 0.1) is 0 Å². The SMILES string of the molecule is NC(=O)c1ncn([C@@H]2O[C@H](COC(=O)CNC(=O)c3ccccc3)[C@@H](O)C2O)n1. The molecule has 2 heterocycles. The number of ether oxygens (including phenoxy) is 2. The van der Waals surface area contributed by atoms with Gasteiger partial charge in [-0.05, 0) is 12.1 Å². The maximum atomic E-state index is 11.9. The average Bonchev–Trinajstić information content (AvgIpc) is 3.31. The van der Waals surface area contributed by atoms with Crippen LogP contribution in [-0.2, 0) is 14.3 Å². The van der Waals surface area contributed by atoms with E-state index in [0.717, 1.165) is 11.0 Å². The second-order valence-electron chi connectivity index (χ2n) is 6.19. The molecule has 2 aromatic rings. The fourth-order valence-corrected chi connectivity index (χ4v) is 2.67. The first kappa shape index (κ1) is 20.4. The van der Waals surface area contributed by atoms with Crippen molar-refractivity contribution in [2.75, 3.05) is 13.2 Å². The number of rotatable bonds is 7. The van der Waals surface area contributed by atoms with E-state index in [0.29, 0.717) is 5.56 Å². The molecule has 1 unspecified atom stereocenters. The maximum absolute atomic E-state index is 11.9. The van der Waals surface area contributed by atoms with Crippen LogP contribution in [0.25, 0.3) is 0 Å². The summed E-state index contributed by atoms with van der Waals surface area (Å²) in [6, 6.07) is 8.33. The molecule has 4 atom stereocenters. The number of aromatic nitrogens is 3. The van der Waals surface area contributed by atoms with Crippen LogP contribution in [-0.4, -0.2) is 74.2 Å². The molecule has 12 nitrogen and oxygen atoms in total. The van der Waals surface area contributed by atoms with Gasteiger partial charge in [0.15, 0.2) is 6.23 Å². The predicted octanol–water partition coefficient (Wildman–Crippen LogP) is -2.03. The van der Waals surface area contributed by atoms with Crippen LogP contribution in [0.4, 0.5) is 0 Å². The van der Waals surface area contributed by atoms with Gasteiger partial charge in [-0.1, -0.05) is 18.2 Å². The first-order valence-electron chi connectivity index (χ1n) is 8.58. The third kappa shape index (κ3) is 4.74. The van der Waals surface area contributed by atoms with E-state index in [1.54, 1.807) is 30.3 Å². The summed E-state index contributed by atoms with van der Waals surface area (Å²) in [5, 5.41) is 26.4. The van der Waals surface area contributed by atoms with Crippen LogP contribution < -0.4 is 11.1 Å². The maximum Gasteiger partial charge on any atom is 0.325 e. The van der Waals surface area contributed by atoms with E-state index in [2.05, 4.69) is 15.4 Å². The zero-order valence-electron chi connectivity index (χ0n) is 15.0. The van der Waals surface area contributed by atoms with Crippen LogP contribution in [0, 0.1) is 0 Å². The minimum Gasteiger partial charge on any atom is -0.461 e. The van der Waals surface area contributed by atoms with Crippen molar-refractivity contribution in [3.05, 3.63) is 48.0 Å². The van der Waals surface area contributed by atoms with Crippen LogP contribution in [0.2, 0.25) is 0 Å². The number of nitrogens with two attached hydrogens (primary N) is 1. The van der Waals surface area contributed by atoms with Gasteiger partial charge in [-0.15, -0.1) is 5.10 Å². The van der Waals surface area contributed by atoms with Crippen LogP contribution in [0.15, 0.2) is 36.7 Å². The Morgan fingerprint density at radius 1 is 1.21 bits per heavy atom. The van der Waals surface area contributed by atoms with E-state index < -0.39 is 42.3 Å². The van der Waals surface area contributed by atoms with Crippen molar-refractivity contribution in [2.45, 2.75) is 24.5 Å². The van der Waals surface area contributed by atoms with Crippen molar-refractivity contribution in [3.63, 3.8) is 0 Å². The topological polar surface area (TPSA) is 179 Å². The summed E-state index contributed by atoms with van der Waals surface area (Å²) >= 11 is 0. The van der Waals surface area contributed by atoms with Crippen LogP contribution in [0.1, 0.15) is 27.2 Å². The van der Waals surface area contributed by atoms with E-state index in [1.807, 2.05) is 0 Å². The van der Waals surface area contributed by atoms with E-state index in [4.69, 9.17) is 15.2 Å². The summed E-state index contributed by atoms with van der Waals surface area (Å²) < 4.78 is 11.5. The summed E-state index contributed by atoms with van der Waals surface area (Å²) in [4.78, 5) is 38.5. The number of aliphatic hydroxyl groups is 2. The zero-order valence-corrected chi connectivity index (χ0v) is 15.0. The highest BCUT2D eigenvalue weighted by molar-refractivity contribution is 5.95. The lowest BCUT2D eigenvalue weighted by atomic mass is 10.1. The fraction of sp³-hybridized carbons (Fsp3) is 0.353. The smallest absolute Gasteiger partial charge is 0.325 e. The lowest BCUT2D eigenvalue weighted by Gasteiger charge is -2.14. The second kappa shape index (κ2) is 8.77. The van der Waals surface area contributed by atoms with E-state index in [9.17, 15) is 24.6 Å². The molecule has 5 N–H and O–H groups in total. The molecule has 1 aromatic heterocycles. The third-order valence-electron chi connectivity index (χ3n) is 4.16. The van der Waals surface area contributed by atoms with Crippen LogP contribution in [0.3, 0.4) is 0 Å². The molecule has 29 heavy (non-hydrogen) atoms. The van der Waals surface area contributed by atoms with Gasteiger partial charge in [-0.25, -0.2) is 9.67 Å². The molecule has 0 radical (unpaired) electrons. The van der Waals surface area contributed by atoms with Gasteiger partial charge in [0.1, 0.15) is 37.8 Å². The van der Waals surface area contributed by atoms with Crippen LogP contribution in [0.5, 0.6) is 0 Å². The summed E-state index contributed by atoms with van der Waals surface area (Å²) in [6.45, 7) is -0.750. The Balaban J connectivity index is 1.49. The number of amides is 2. The largest absolute Gasteiger partial charge is 0.461 e. The van der Waals surface area contributed by atoms with Gasteiger partial charge in [-0.2, -0.15) is 0 Å². The molecule has 1 aromatic carbocycles. The Morgan fingerprint density at radius 2 is 1.93 bits per heavy atom. The van der Waals surface area contributed by atoms with Crippen molar-refractivity contribution >= 4 is 17.8 Å². The molecule has 154 valence electrons. The van der Waals surface area contributed by atoms with Gasteiger partial charge < -0.3 is 30.7 Å². The lowest BCUT2D eigenvalue weighted by molar-refractivity contribution is -0.149. The number of hydrogen-bond acceptors (Lipinski definition) is 9. The normalized spacial score (nSPS) is 23.5. The summed E-state index contributed by atoms with van der Waals surface area (Å²) in [5.74, 6) is -2.33. The van der Waals surface area contributed by atoms with Crippen LogP contribution >= 0.6 is 0 Å². The van der Waals surface area contributed by atoms with Crippen molar-refractivity contribution in [2.24, 2.45) is 5.73 Å². The predicted molar refractivity (Wildman–Crippen MR) is 94.2 cm³/mol. The first-order chi connectivity index (χ1) is 13.9. The molecule has 12 heteroatoms. The minimum absolute atomic E-state index is 0.278. The van der Waals surface area contributed by atoms with E-state index >= 15 is 0 Å². The number of primary amides is 1. The van der Waals surface area contributed by atoms with Crippen molar-refractivity contribution in [1.29, 1.82) is 0 Å². The number of benzene rings is 1. The molecule has 0 bridgehead atoms. The average molecular weight is 405 g/mol. The van der Waals surface area contributed by atoms with Crippen molar-refractivity contribution < 1.29 is 34.1 Å². The van der Waals surface area contributed by atoms with Crippen molar-refractivity contribution in [1.82, 2.24) is 20.1 Å². The number of carbonyl (C=O) groups excluding carboxylic acids is 3. The van der Waals surface area contributed by atoms with Crippen molar-refractivity contribution in [3.8, 4) is 0 Å². The van der Waals surface area contributed by atoms with Gasteiger partial charge in [0.25, 0.3) is 11.8 Å². The molecule has 1 aliphatic rings. The molecule has 0 spiro atoms. The number of aliphatic hydroxyl groups excluding tert-OH is 2. The van der Waals surface area contributed by atoms with Gasteiger partial charge in [0.2, 0.25) is 5.82 Å². The summed E-state index contributed by atoms with van der Waals surface area (Å²) in [7, 11) is 0. The highest BCUT2D eigenvalue weighted by atomic mass is 16.6. The summed E-state index contributed by atoms with van der Waals surface area (Å²) in [6.07, 6.45) is -3.86. The Labute approximate surface area is 164 Å². The number of nitrogens with one attached hydrogen (secondary N) is 1. The monoisotopic (exact) mass is 405 g/mol. The minimum atomic E-state index is -1.40. The van der Waals surface area contributed by atoms with E-state index in [1.165, 1.54) is 0 Å². The van der Waals surface area contributed by atoms with Gasteiger partial charge in [0, 0.05) is 5.56 Å². The third-order valence-corrected chi connectivity index (χ3v) is 4.16. The highest BCUT2D eigenvalue weighted by Crippen LogP contribution is 2.28. The fourth-order valence-electron chi connectivity index (χ4n) is 2.67. The molecule has 1 saturated heterocycles. The quantitative estimate of drug-likeness (QED) is 0.378. The molecule has 3 rings (SSSR count). The standard InChI is InChI=1S/C17H19N5O7/c18-14(26)15-20-8-22(21-15)17-13(25)12(24)10(29-17)7-28-11(23)6-19-16(27)9-4-2-1-3-5-9/h1-5,8,10,12-13,17,24-25H,6-7H2,(H2,18,26)(H,19,27)/t10-,12-,13?,17-/m1/s1. The molecular formula is C17H19N5O7. The number of carbonyl (C=O) groups is 3. The molecule has 0 saturated carbocycles. The number of esters is 1. The zero-order chi connectivity index (χ0) is 21.0. The van der Waals surface area contributed by atoms with E-state index in [-0.39, 0.29) is 19.0 Å². The first-order valence-corrected chi connectivity index (χ1v) is 8.58. The Morgan fingerprint density at radius 3 is 2.59 bits per heavy atom. The molecular weight excluding hydrogens is 386 g/mol. The molecule has 1 aliphatic heterocycles. The highest BCUT2D eigenvalue weighted by Gasteiger charge is 2.45. The molecule has 2 amide bonds. The summed E-state index contributed by atoms with van der Waals surface area (Å²) in [5.41, 5.74) is 5.46. The molecule has 1 fully saturated rings. The van der Waals surface area contributed by atoms with Gasteiger partial charge in [-0.3, -0.25) is 14.4 Å². The Bertz CT molecular complexity index is 887.